The summed E-state index contributed by atoms with van der Waals surface area (Å²) in [5.74, 6) is -0.131. The van der Waals surface area contributed by atoms with Crippen LogP contribution in [-0.4, -0.2) is 67.4 Å². The molecule has 0 N–H and O–H groups in total. The average Bonchev–Trinajstić information content (AvgIpc) is 2.35. The van der Waals surface area contributed by atoms with E-state index in [-0.39, 0.29) is 30.3 Å². The zero-order valence-electron chi connectivity index (χ0n) is 14.0. The lowest BCUT2D eigenvalue weighted by atomic mass is 10.1. The van der Waals surface area contributed by atoms with Crippen LogP contribution in [0.25, 0.3) is 0 Å². The van der Waals surface area contributed by atoms with Crippen molar-refractivity contribution in [1.82, 2.24) is 9.80 Å². The summed E-state index contributed by atoms with van der Waals surface area (Å²) in [6, 6.07) is 0.325. The molecular formula is C15H30N2O3. The molecule has 5 heteroatoms. The Balaban J connectivity index is 4.20. The lowest BCUT2D eigenvalue weighted by Gasteiger charge is -2.26. The van der Waals surface area contributed by atoms with Crippen LogP contribution in [0.4, 0.5) is 0 Å². The van der Waals surface area contributed by atoms with Crippen LogP contribution in [-0.2, 0) is 14.3 Å². The number of carbonyl (C=O) groups is 2. The average molecular weight is 286 g/mol. The van der Waals surface area contributed by atoms with E-state index in [4.69, 9.17) is 4.74 Å². The van der Waals surface area contributed by atoms with Crippen molar-refractivity contribution in [1.29, 1.82) is 0 Å². The summed E-state index contributed by atoms with van der Waals surface area (Å²) in [6.45, 7) is 10.6. The van der Waals surface area contributed by atoms with Crippen molar-refractivity contribution < 1.29 is 14.3 Å². The minimum atomic E-state index is -0.202. The van der Waals surface area contributed by atoms with Gasteiger partial charge < -0.3 is 9.64 Å². The van der Waals surface area contributed by atoms with Gasteiger partial charge >= 0.3 is 0 Å². The van der Waals surface area contributed by atoms with E-state index in [1.165, 1.54) is 0 Å². The van der Waals surface area contributed by atoms with E-state index >= 15 is 0 Å². The summed E-state index contributed by atoms with van der Waals surface area (Å²) < 4.78 is 5.30. The molecule has 1 atom stereocenters. The Morgan fingerprint density at radius 3 is 2.05 bits per heavy atom. The van der Waals surface area contributed by atoms with Gasteiger partial charge in [0.15, 0.2) is 5.78 Å². The summed E-state index contributed by atoms with van der Waals surface area (Å²) >= 11 is 0. The van der Waals surface area contributed by atoms with Crippen molar-refractivity contribution >= 4 is 11.7 Å². The number of nitrogens with zero attached hydrogens (tertiary/aromatic N) is 2. The van der Waals surface area contributed by atoms with Crippen LogP contribution in [0.2, 0.25) is 0 Å². The van der Waals surface area contributed by atoms with Gasteiger partial charge in [-0.1, -0.05) is 6.92 Å². The fraction of sp³-hybridized carbons (Fsp3) is 0.867. The smallest absolute Gasteiger partial charge is 0.236 e. The van der Waals surface area contributed by atoms with E-state index in [9.17, 15) is 9.59 Å². The second-order valence-electron chi connectivity index (χ2n) is 6.01. The molecule has 0 fully saturated rings. The second-order valence-corrected chi connectivity index (χ2v) is 6.01. The van der Waals surface area contributed by atoms with E-state index in [0.717, 1.165) is 0 Å². The third-order valence-corrected chi connectivity index (χ3v) is 3.35. The fourth-order valence-corrected chi connectivity index (χ4v) is 1.52. The van der Waals surface area contributed by atoms with Gasteiger partial charge in [0.05, 0.1) is 12.6 Å². The summed E-state index contributed by atoms with van der Waals surface area (Å²) in [7, 11) is 3.66. The van der Waals surface area contributed by atoms with Gasteiger partial charge in [-0.05, 0) is 34.7 Å². The van der Waals surface area contributed by atoms with Crippen molar-refractivity contribution in [3.05, 3.63) is 0 Å². The molecule has 0 aliphatic heterocycles. The van der Waals surface area contributed by atoms with Crippen molar-refractivity contribution in [2.45, 2.75) is 46.8 Å². The summed E-state index contributed by atoms with van der Waals surface area (Å²) in [5.41, 5.74) is 0. The molecule has 118 valence electrons. The molecule has 0 radical (unpaired) electrons. The predicted octanol–water partition coefficient (Wildman–Crippen LogP) is 1.42. The lowest BCUT2D eigenvalue weighted by Crippen LogP contribution is -2.42. The highest BCUT2D eigenvalue weighted by Crippen LogP contribution is 2.03. The van der Waals surface area contributed by atoms with Gasteiger partial charge in [0.1, 0.15) is 6.61 Å². The monoisotopic (exact) mass is 286 g/mol. The Labute approximate surface area is 123 Å². The Kier molecular flexibility index (Phi) is 8.65. The number of hydrogen-bond acceptors (Lipinski definition) is 4. The highest BCUT2D eigenvalue weighted by molar-refractivity contribution is 5.83. The summed E-state index contributed by atoms with van der Waals surface area (Å²) in [5, 5.41) is 0. The van der Waals surface area contributed by atoms with Gasteiger partial charge in [0.25, 0.3) is 0 Å². The molecule has 0 saturated carbocycles. The number of rotatable bonds is 9. The number of likely N-dealkylation sites (N-methyl/N-ethyl adjacent to an activating group) is 2. The Morgan fingerprint density at radius 1 is 1.05 bits per heavy atom. The number of ketones is 1. The van der Waals surface area contributed by atoms with Crippen LogP contribution in [0.15, 0.2) is 0 Å². The first-order valence-electron chi connectivity index (χ1n) is 7.23. The van der Waals surface area contributed by atoms with Crippen LogP contribution in [0, 0.1) is 5.92 Å². The van der Waals surface area contributed by atoms with Crippen LogP contribution in [0.3, 0.4) is 0 Å². The maximum absolute atomic E-state index is 12.0. The minimum Gasteiger partial charge on any atom is -0.371 e. The topological polar surface area (TPSA) is 49.9 Å². The molecule has 0 aromatic heterocycles. The third kappa shape index (κ3) is 7.60. The zero-order valence-corrected chi connectivity index (χ0v) is 14.0. The molecular weight excluding hydrogens is 256 g/mol. The number of hydrogen-bond donors (Lipinski definition) is 0. The standard InChI is InChI=1S/C15H30N2O3/c1-11(2)16(6)9-15(19)17(7)8-13(5)14(18)10-20-12(3)4/h11-13H,8-10H2,1-7H3. The molecule has 1 unspecified atom stereocenters. The lowest BCUT2D eigenvalue weighted by molar-refractivity contribution is -0.134. The summed E-state index contributed by atoms with van der Waals surface area (Å²) in [6.07, 6.45) is 0.0465. The largest absolute Gasteiger partial charge is 0.371 e. The first-order valence-corrected chi connectivity index (χ1v) is 7.23. The van der Waals surface area contributed by atoms with E-state index in [2.05, 4.69) is 0 Å². The van der Waals surface area contributed by atoms with Crippen molar-refractivity contribution in [3.8, 4) is 0 Å². The quantitative estimate of drug-likeness (QED) is 0.643. The predicted molar refractivity (Wildman–Crippen MR) is 80.7 cm³/mol. The van der Waals surface area contributed by atoms with Crippen LogP contribution in [0.5, 0.6) is 0 Å². The molecule has 0 heterocycles. The molecule has 20 heavy (non-hydrogen) atoms. The minimum absolute atomic E-state index is 0.0330. The van der Waals surface area contributed by atoms with Gasteiger partial charge in [-0.3, -0.25) is 14.5 Å². The number of carbonyl (C=O) groups excluding carboxylic acids is 2. The Hall–Kier alpha value is -0.940. The van der Waals surface area contributed by atoms with Crippen molar-refractivity contribution in [2.24, 2.45) is 5.92 Å². The first-order chi connectivity index (χ1) is 9.15. The van der Waals surface area contributed by atoms with E-state index in [1.54, 1.807) is 11.9 Å². The molecule has 0 spiro atoms. The van der Waals surface area contributed by atoms with E-state index < -0.39 is 0 Å². The van der Waals surface area contributed by atoms with Gasteiger partial charge in [0.2, 0.25) is 5.91 Å². The second kappa shape index (κ2) is 9.08. The van der Waals surface area contributed by atoms with Gasteiger partial charge in [-0.15, -0.1) is 0 Å². The highest BCUT2D eigenvalue weighted by Gasteiger charge is 2.20. The summed E-state index contributed by atoms with van der Waals surface area (Å²) in [4.78, 5) is 27.5. The maximum Gasteiger partial charge on any atom is 0.236 e. The first kappa shape index (κ1) is 19.1. The highest BCUT2D eigenvalue weighted by atomic mass is 16.5. The molecule has 0 rings (SSSR count). The van der Waals surface area contributed by atoms with Crippen LogP contribution in [0.1, 0.15) is 34.6 Å². The molecule has 1 amide bonds. The normalized spacial score (nSPS) is 13.1. The SMILES string of the molecule is CC(C)OCC(=O)C(C)CN(C)C(=O)CN(C)C(C)C. The van der Waals surface area contributed by atoms with Gasteiger partial charge in [-0.2, -0.15) is 0 Å². The van der Waals surface area contributed by atoms with Crippen molar-refractivity contribution in [2.75, 3.05) is 33.8 Å². The zero-order chi connectivity index (χ0) is 15.9. The fourth-order valence-electron chi connectivity index (χ4n) is 1.52. The molecule has 0 aromatic carbocycles. The van der Waals surface area contributed by atoms with Crippen molar-refractivity contribution in [3.63, 3.8) is 0 Å². The molecule has 0 aliphatic carbocycles. The van der Waals surface area contributed by atoms with E-state index in [1.807, 2.05) is 46.6 Å². The van der Waals surface area contributed by atoms with Crippen LogP contribution >= 0.6 is 0 Å². The van der Waals surface area contributed by atoms with Crippen LogP contribution < -0.4 is 0 Å². The molecule has 0 saturated heterocycles. The third-order valence-electron chi connectivity index (χ3n) is 3.35. The number of Topliss-reactive ketones (excluding diaryl/α,β-unsaturated/α-hetero) is 1. The molecule has 0 aromatic rings. The maximum atomic E-state index is 12.0. The Morgan fingerprint density at radius 2 is 1.60 bits per heavy atom. The molecule has 0 aliphatic rings. The molecule has 0 bridgehead atoms. The van der Waals surface area contributed by atoms with Gasteiger partial charge in [0, 0.05) is 25.6 Å². The number of amides is 1. The Bertz CT molecular complexity index is 316. The number of ether oxygens (including phenoxy) is 1. The van der Waals surface area contributed by atoms with Gasteiger partial charge in [-0.25, -0.2) is 0 Å². The molecule has 5 nitrogen and oxygen atoms in total. The van der Waals surface area contributed by atoms with E-state index in [0.29, 0.717) is 19.1 Å².